The van der Waals surface area contributed by atoms with Gasteiger partial charge in [0.25, 0.3) is 12.4 Å². The molecule has 0 saturated carbocycles. The number of carboxylic acid groups (broad SMARTS) is 1. The van der Waals surface area contributed by atoms with Gasteiger partial charge < -0.3 is 19.9 Å². The van der Waals surface area contributed by atoms with Gasteiger partial charge in [-0.15, -0.1) is 0 Å². The van der Waals surface area contributed by atoms with Gasteiger partial charge in [0.1, 0.15) is 30.8 Å². The van der Waals surface area contributed by atoms with Gasteiger partial charge in [-0.2, -0.15) is 5.26 Å². The van der Waals surface area contributed by atoms with Gasteiger partial charge in [-0.3, -0.25) is 19.5 Å². The van der Waals surface area contributed by atoms with Crippen LogP contribution in [0.15, 0.2) is 67.0 Å². The summed E-state index contributed by atoms with van der Waals surface area (Å²) in [7, 11) is 0. The number of hydrogen-bond acceptors (Lipinski definition) is 7. The molecule has 3 aromatic carbocycles. The van der Waals surface area contributed by atoms with Crippen molar-refractivity contribution < 1.29 is 24.2 Å². The number of ether oxygens (including phenoxy) is 2. The normalized spacial score (nSPS) is 12.4. The number of benzene rings is 3. The lowest BCUT2D eigenvalue weighted by Crippen LogP contribution is -2.23. The molecule has 0 aliphatic carbocycles. The molecule has 0 spiro atoms. The minimum absolute atomic E-state index is 0.0705. The molecule has 1 fully saturated rings. The molecule has 10 heteroatoms. The molecule has 0 atom stereocenters. The number of hydrogen-bond donors (Lipinski definition) is 2. The van der Waals surface area contributed by atoms with Crippen LogP contribution in [0, 0.1) is 25.2 Å². The fourth-order valence-electron chi connectivity index (χ4n) is 5.63. The van der Waals surface area contributed by atoms with Crippen LogP contribution in [-0.2, 0) is 24.6 Å². The van der Waals surface area contributed by atoms with E-state index in [0.717, 1.165) is 58.6 Å². The van der Waals surface area contributed by atoms with Gasteiger partial charge in [-0.25, -0.2) is 0 Å². The number of carbonyl (C=O) groups excluding carboxylic acids is 1. The van der Waals surface area contributed by atoms with Crippen LogP contribution in [0.5, 0.6) is 11.5 Å². The predicted octanol–water partition coefficient (Wildman–Crippen LogP) is 7.09. The lowest BCUT2D eigenvalue weighted by Gasteiger charge is -2.20. The summed E-state index contributed by atoms with van der Waals surface area (Å²) in [5, 5.41) is 19.6. The lowest BCUT2D eigenvalue weighted by atomic mass is 9.91. The van der Waals surface area contributed by atoms with E-state index >= 15 is 0 Å². The maximum Gasteiger partial charge on any atom is 0.290 e. The molecule has 1 aliphatic heterocycles. The van der Waals surface area contributed by atoms with Crippen molar-refractivity contribution in [2.45, 2.75) is 53.4 Å². The molecule has 1 aromatic heterocycles. The van der Waals surface area contributed by atoms with Crippen molar-refractivity contribution in [3.8, 4) is 28.7 Å². The monoisotopic (exact) mass is 654 g/mol. The molecule has 1 aliphatic rings. The fourth-order valence-corrected chi connectivity index (χ4v) is 5.87. The Kier molecular flexibility index (Phi) is 12.7. The molecule has 9 nitrogen and oxygen atoms in total. The van der Waals surface area contributed by atoms with Crippen LogP contribution < -0.4 is 14.8 Å². The molecular weight excluding hydrogens is 616 g/mol. The van der Waals surface area contributed by atoms with Crippen LogP contribution in [0.3, 0.4) is 0 Å². The Balaban J connectivity index is 0.00000160. The summed E-state index contributed by atoms with van der Waals surface area (Å²) in [5.41, 5.74) is 8.08. The number of carbonyl (C=O) groups is 2. The fraction of sp³-hybridized carbons (Fsp3) is 0.297. The first-order valence-electron chi connectivity index (χ1n) is 15.5. The Morgan fingerprint density at radius 1 is 1.00 bits per heavy atom. The third-order valence-corrected chi connectivity index (χ3v) is 8.36. The van der Waals surface area contributed by atoms with Crippen LogP contribution in [0.25, 0.3) is 11.1 Å². The number of pyridine rings is 1. The second-order valence-electron chi connectivity index (χ2n) is 11.2. The van der Waals surface area contributed by atoms with Crippen LogP contribution in [0.1, 0.15) is 63.5 Å². The van der Waals surface area contributed by atoms with E-state index < -0.39 is 0 Å². The van der Waals surface area contributed by atoms with E-state index in [0.29, 0.717) is 40.8 Å². The Labute approximate surface area is 280 Å². The summed E-state index contributed by atoms with van der Waals surface area (Å²) in [6.45, 7) is 9.72. The van der Waals surface area contributed by atoms with Crippen molar-refractivity contribution in [3.05, 3.63) is 111 Å². The minimum atomic E-state index is -0.250. The number of nitrogens with one attached hydrogen (secondary N) is 1. The van der Waals surface area contributed by atoms with Crippen molar-refractivity contribution >= 4 is 24.0 Å². The maximum absolute atomic E-state index is 12.6. The quantitative estimate of drug-likeness (QED) is 0.164. The largest absolute Gasteiger partial charge is 0.488 e. The van der Waals surface area contributed by atoms with Crippen molar-refractivity contribution in [2.24, 2.45) is 0 Å². The van der Waals surface area contributed by atoms with Gasteiger partial charge in [-0.05, 0) is 92.7 Å². The van der Waals surface area contributed by atoms with Crippen LogP contribution in [0.2, 0.25) is 5.02 Å². The molecule has 0 bridgehead atoms. The van der Waals surface area contributed by atoms with E-state index in [1.807, 2.05) is 56.3 Å². The van der Waals surface area contributed by atoms with E-state index in [4.69, 9.17) is 31.0 Å². The Morgan fingerprint density at radius 2 is 1.68 bits per heavy atom. The second-order valence-corrected chi connectivity index (χ2v) is 11.6. The number of amides is 1. The number of rotatable bonds is 11. The third-order valence-electron chi connectivity index (χ3n) is 8.06. The predicted molar refractivity (Wildman–Crippen MR) is 182 cm³/mol. The van der Waals surface area contributed by atoms with Crippen molar-refractivity contribution in [1.29, 1.82) is 5.26 Å². The first kappa shape index (κ1) is 35.0. The molecule has 4 aromatic rings. The van der Waals surface area contributed by atoms with Gasteiger partial charge in [0.05, 0.1) is 10.6 Å². The van der Waals surface area contributed by atoms with Crippen molar-refractivity contribution in [2.75, 3.05) is 19.6 Å². The molecule has 2 heterocycles. The van der Waals surface area contributed by atoms with Gasteiger partial charge in [-0.1, -0.05) is 41.9 Å². The van der Waals surface area contributed by atoms with E-state index in [-0.39, 0.29) is 19.0 Å². The molecule has 244 valence electrons. The molecule has 2 N–H and O–H groups in total. The lowest BCUT2D eigenvalue weighted by molar-refractivity contribution is -0.122. The zero-order valence-electron chi connectivity index (χ0n) is 26.9. The standard InChI is InChI=1S/C36H37ClN4O3.CH2O2/c1-4-40-36(42)32-12-8-11-31(25(32)3)30-10-7-9-28(24(30)2)23-44-35-17-34(43-22-27-15-26(18-38)19-39-20-27)29(16-33(35)37)21-41-13-5-6-14-41;2-1-3/h7-12,15-17,19-20H,4-6,13-14,21-23H2,1-3H3,(H,40,42);1H,(H,2,3). The zero-order chi connectivity index (χ0) is 33.8. The first-order chi connectivity index (χ1) is 22.8. The number of nitrogens with zero attached hydrogens (tertiary/aromatic N) is 3. The maximum atomic E-state index is 12.6. The summed E-state index contributed by atoms with van der Waals surface area (Å²) in [6, 6.07) is 19.7. The average molecular weight is 655 g/mol. The average Bonchev–Trinajstić information content (AvgIpc) is 3.58. The number of nitriles is 1. The highest BCUT2D eigenvalue weighted by molar-refractivity contribution is 6.32. The molecule has 5 rings (SSSR count). The SMILES string of the molecule is CCNC(=O)c1cccc(-c2cccc(COc3cc(OCc4cncc(C#N)c4)c(CN4CCCC4)cc3Cl)c2C)c1C.O=CO. The third kappa shape index (κ3) is 9.09. The van der Waals surface area contributed by atoms with E-state index in [1.54, 1.807) is 12.3 Å². The number of likely N-dealkylation sites (tertiary alicyclic amines) is 1. The summed E-state index contributed by atoms with van der Waals surface area (Å²) >= 11 is 6.79. The molecule has 0 radical (unpaired) electrons. The highest BCUT2D eigenvalue weighted by Crippen LogP contribution is 2.36. The van der Waals surface area contributed by atoms with Gasteiger partial charge in [0.2, 0.25) is 0 Å². The molecular formula is C37H39ClN4O5. The smallest absolute Gasteiger partial charge is 0.290 e. The van der Waals surface area contributed by atoms with Crippen LogP contribution in [0.4, 0.5) is 0 Å². The molecule has 0 unspecified atom stereocenters. The number of aromatic nitrogens is 1. The summed E-state index contributed by atoms with van der Waals surface area (Å²) < 4.78 is 12.6. The minimum Gasteiger partial charge on any atom is -0.488 e. The highest BCUT2D eigenvalue weighted by atomic mass is 35.5. The Morgan fingerprint density at radius 3 is 2.38 bits per heavy atom. The van der Waals surface area contributed by atoms with E-state index in [9.17, 15) is 10.1 Å². The molecule has 47 heavy (non-hydrogen) atoms. The summed E-state index contributed by atoms with van der Waals surface area (Å²) in [6.07, 6.45) is 5.62. The van der Waals surface area contributed by atoms with Crippen LogP contribution >= 0.6 is 11.6 Å². The topological polar surface area (TPSA) is 125 Å². The first-order valence-corrected chi connectivity index (χ1v) is 15.9. The van der Waals surface area contributed by atoms with Gasteiger partial charge in [0.15, 0.2) is 0 Å². The molecule has 1 saturated heterocycles. The van der Waals surface area contributed by atoms with Gasteiger partial charge in [0, 0.05) is 48.2 Å². The Bertz CT molecular complexity index is 1750. The van der Waals surface area contributed by atoms with Crippen molar-refractivity contribution in [3.63, 3.8) is 0 Å². The van der Waals surface area contributed by atoms with E-state index in [2.05, 4.69) is 34.3 Å². The van der Waals surface area contributed by atoms with Gasteiger partial charge >= 0.3 is 0 Å². The van der Waals surface area contributed by atoms with Crippen molar-refractivity contribution in [1.82, 2.24) is 15.2 Å². The zero-order valence-corrected chi connectivity index (χ0v) is 27.6. The Hall–Kier alpha value is -4.91. The second kappa shape index (κ2) is 17.1. The van der Waals surface area contributed by atoms with E-state index in [1.165, 1.54) is 19.0 Å². The summed E-state index contributed by atoms with van der Waals surface area (Å²) in [5.74, 6) is 1.16. The number of halogens is 1. The highest BCUT2D eigenvalue weighted by Gasteiger charge is 2.19. The molecule has 1 amide bonds. The van der Waals surface area contributed by atoms with Crippen LogP contribution in [-0.4, -0.2) is 47.0 Å². The summed E-state index contributed by atoms with van der Waals surface area (Å²) in [4.78, 5) is 27.5.